The number of aromatic nitrogens is 1. The molecule has 0 spiro atoms. The van der Waals surface area contributed by atoms with Gasteiger partial charge in [-0.25, -0.2) is 0 Å². The molecule has 1 fully saturated rings. The molecule has 4 nitrogen and oxygen atoms in total. The maximum absolute atomic E-state index is 12.2. The van der Waals surface area contributed by atoms with Crippen molar-refractivity contribution in [2.75, 3.05) is 5.32 Å². The third-order valence-corrected chi connectivity index (χ3v) is 4.80. The van der Waals surface area contributed by atoms with E-state index < -0.39 is 0 Å². The summed E-state index contributed by atoms with van der Waals surface area (Å²) < 4.78 is 0. The lowest BCUT2D eigenvalue weighted by molar-refractivity contribution is -0.117. The second kappa shape index (κ2) is 7.74. The molecular formula is C20H21N3O. The smallest absolute Gasteiger partial charge is 0.224 e. The van der Waals surface area contributed by atoms with Crippen LogP contribution in [0.25, 0.3) is 0 Å². The molecule has 1 aliphatic rings. The molecule has 122 valence electrons. The topological polar surface area (TPSA) is 65.8 Å². The standard InChI is InChI=1S/C20H21N3O/c21-14-16-3-7-19(8-4-16)23-20(24)13-15-1-5-17(6-2-15)18-9-11-22-12-10-18/h3-4,7-12,15,17H,1-2,5-6,13H2,(H,23,24)/t15-,17-. The summed E-state index contributed by atoms with van der Waals surface area (Å²) in [6.07, 6.45) is 8.74. The van der Waals surface area contributed by atoms with Gasteiger partial charge in [0.2, 0.25) is 5.91 Å². The van der Waals surface area contributed by atoms with Crippen LogP contribution < -0.4 is 5.32 Å². The number of anilines is 1. The summed E-state index contributed by atoms with van der Waals surface area (Å²) in [6.45, 7) is 0. The summed E-state index contributed by atoms with van der Waals surface area (Å²) >= 11 is 0. The van der Waals surface area contributed by atoms with E-state index in [0.717, 1.165) is 31.4 Å². The average Bonchev–Trinajstić information content (AvgIpc) is 2.64. The van der Waals surface area contributed by atoms with Gasteiger partial charge in [-0.3, -0.25) is 9.78 Å². The molecule has 1 saturated carbocycles. The number of nitrogens with one attached hydrogen (secondary N) is 1. The fourth-order valence-electron chi connectivity index (χ4n) is 3.44. The lowest BCUT2D eigenvalue weighted by atomic mass is 9.77. The molecule has 3 rings (SSSR count). The van der Waals surface area contributed by atoms with Crippen molar-refractivity contribution in [2.24, 2.45) is 5.92 Å². The maximum Gasteiger partial charge on any atom is 0.224 e. The van der Waals surface area contributed by atoms with Crippen LogP contribution >= 0.6 is 0 Å². The van der Waals surface area contributed by atoms with E-state index in [0.29, 0.717) is 23.8 Å². The first kappa shape index (κ1) is 16.2. The van der Waals surface area contributed by atoms with Crippen LogP contribution in [0.3, 0.4) is 0 Å². The molecule has 0 atom stereocenters. The van der Waals surface area contributed by atoms with Crippen molar-refractivity contribution >= 4 is 11.6 Å². The molecule has 1 heterocycles. The quantitative estimate of drug-likeness (QED) is 0.916. The Balaban J connectivity index is 1.47. The van der Waals surface area contributed by atoms with Crippen LogP contribution in [0.1, 0.15) is 49.1 Å². The fraction of sp³-hybridized carbons (Fsp3) is 0.350. The Hall–Kier alpha value is -2.67. The number of amides is 1. The molecule has 0 bridgehead atoms. The van der Waals surface area contributed by atoms with E-state index in [-0.39, 0.29) is 5.91 Å². The van der Waals surface area contributed by atoms with E-state index in [1.807, 2.05) is 12.4 Å². The molecule has 1 aliphatic carbocycles. The van der Waals surface area contributed by atoms with Crippen molar-refractivity contribution in [1.82, 2.24) is 4.98 Å². The second-order valence-corrected chi connectivity index (χ2v) is 6.44. The second-order valence-electron chi connectivity index (χ2n) is 6.44. The molecule has 0 unspecified atom stereocenters. The van der Waals surface area contributed by atoms with Crippen LogP contribution in [-0.4, -0.2) is 10.9 Å². The van der Waals surface area contributed by atoms with Gasteiger partial charge in [0.1, 0.15) is 0 Å². The Morgan fingerprint density at radius 2 is 1.75 bits per heavy atom. The van der Waals surface area contributed by atoms with Gasteiger partial charge >= 0.3 is 0 Å². The number of carbonyl (C=O) groups excluding carboxylic acids is 1. The van der Waals surface area contributed by atoms with E-state index in [9.17, 15) is 4.79 Å². The van der Waals surface area contributed by atoms with E-state index in [2.05, 4.69) is 28.5 Å². The van der Waals surface area contributed by atoms with Gasteiger partial charge in [-0.15, -0.1) is 0 Å². The first-order valence-corrected chi connectivity index (χ1v) is 8.44. The Bertz CT molecular complexity index is 711. The summed E-state index contributed by atoms with van der Waals surface area (Å²) in [5.41, 5.74) is 2.72. The maximum atomic E-state index is 12.2. The zero-order chi connectivity index (χ0) is 16.8. The van der Waals surface area contributed by atoms with Gasteiger partial charge in [0, 0.05) is 24.5 Å². The SMILES string of the molecule is N#Cc1ccc(NC(=O)C[C@H]2CC[C@H](c3ccncc3)CC2)cc1. The van der Waals surface area contributed by atoms with Crippen molar-refractivity contribution in [1.29, 1.82) is 5.26 Å². The summed E-state index contributed by atoms with van der Waals surface area (Å²) in [5.74, 6) is 1.12. The highest BCUT2D eigenvalue weighted by atomic mass is 16.1. The predicted molar refractivity (Wildman–Crippen MR) is 93.3 cm³/mol. The number of nitriles is 1. The minimum absolute atomic E-state index is 0.0621. The highest BCUT2D eigenvalue weighted by Crippen LogP contribution is 2.36. The van der Waals surface area contributed by atoms with E-state index in [1.165, 1.54) is 5.56 Å². The van der Waals surface area contributed by atoms with Crippen molar-refractivity contribution in [3.63, 3.8) is 0 Å². The predicted octanol–water partition coefficient (Wildman–Crippen LogP) is 4.26. The molecule has 1 amide bonds. The molecule has 0 aliphatic heterocycles. The third-order valence-electron chi connectivity index (χ3n) is 4.80. The molecule has 1 aromatic heterocycles. The summed E-state index contributed by atoms with van der Waals surface area (Å²) in [5, 5.41) is 11.7. The van der Waals surface area contributed by atoms with E-state index in [1.54, 1.807) is 24.3 Å². The largest absolute Gasteiger partial charge is 0.326 e. The van der Waals surface area contributed by atoms with Crippen LogP contribution in [0.2, 0.25) is 0 Å². The highest BCUT2D eigenvalue weighted by molar-refractivity contribution is 5.90. The number of pyridine rings is 1. The number of hydrogen-bond donors (Lipinski definition) is 1. The number of hydrogen-bond acceptors (Lipinski definition) is 3. The Kier molecular flexibility index (Phi) is 5.22. The lowest BCUT2D eigenvalue weighted by Gasteiger charge is -2.28. The normalized spacial score (nSPS) is 20.1. The summed E-state index contributed by atoms with van der Waals surface area (Å²) in [6, 6.07) is 13.3. The number of benzene rings is 1. The summed E-state index contributed by atoms with van der Waals surface area (Å²) in [4.78, 5) is 16.3. The summed E-state index contributed by atoms with van der Waals surface area (Å²) in [7, 11) is 0. The molecule has 1 N–H and O–H groups in total. The first-order chi connectivity index (χ1) is 11.7. The molecule has 0 radical (unpaired) electrons. The minimum Gasteiger partial charge on any atom is -0.326 e. The molecule has 2 aromatic rings. The Labute approximate surface area is 142 Å². The van der Waals surface area contributed by atoms with Gasteiger partial charge in [-0.1, -0.05) is 0 Å². The van der Waals surface area contributed by atoms with Crippen molar-refractivity contribution in [2.45, 2.75) is 38.0 Å². The number of nitrogens with zero attached hydrogens (tertiary/aromatic N) is 2. The lowest BCUT2D eigenvalue weighted by Crippen LogP contribution is -2.20. The van der Waals surface area contributed by atoms with Gasteiger partial charge in [0.05, 0.1) is 11.6 Å². The van der Waals surface area contributed by atoms with Crippen LogP contribution in [0.4, 0.5) is 5.69 Å². The van der Waals surface area contributed by atoms with Crippen LogP contribution in [-0.2, 0) is 4.79 Å². The van der Waals surface area contributed by atoms with Gasteiger partial charge in [0.25, 0.3) is 0 Å². The molecule has 0 saturated heterocycles. The van der Waals surface area contributed by atoms with Crippen molar-refractivity contribution < 1.29 is 4.79 Å². The highest BCUT2D eigenvalue weighted by Gasteiger charge is 2.24. The van der Waals surface area contributed by atoms with Gasteiger partial charge in [0.15, 0.2) is 0 Å². The monoisotopic (exact) mass is 319 g/mol. The van der Waals surface area contributed by atoms with Crippen LogP contribution in [0.5, 0.6) is 0 Å². The minimum atomic E-state index is 0.0621. The van der Waals surface area contributed by atoms with Gasteiger partial charge < -0.3 is 5.32 Å². The average molecular weight is 319 g/mol. The first-order valence-electron chi connectivity index (χ1n) is 8.44. The van der Waals surface area contributed by atoms with Gasteiger partial charge in [-0.05, 0) is 79.5 Å². The zero-order valence-corrected chi connectivity index (χ0v) is 13.6. The van der Waals surface area contributed by atoms with Crippen molar-refractivity contribution in [3.8, 4) is 6.07 Å². The Morgan fingerprint density at radius 3 is 2.38 bits per heavy atom. The molecule has 4 heteroatoms. The van der Waals surface area contributed by atoms with E-state index >= 15 is 0 Å². The van der Waals surface area contributed by atoms with Crippen molar-refractivity contribution in [3.05, 3.63) is 59.9 Å². The zero-order valence-electron chi connectivity index (χ0n) is 13.6. The fourth-order valence-corrected chi connectivity index (χ4v) is 3.44. The van der Waals surface area contributed by atoms with Gasteiger partial charge in [-0.2, -0.15) is 5.26 Å². The third kappa shape index (κ3) is 4.20. The molecule has 24 heavy (non-hydrogen) atoms. The molecular weight excluding hydrogens is 298 g/mol. The van der Waals surface area contributed by atoms with Crippen LogP contribution in [0.15, 0.2) is 48.8 Å². The van der Waals surface area contributed by atoms with Crippen LogP contribution in [0, 0.1) is 17.2 Å². The van der Waals surface area contributed by atoms with E-state index in [4.69, 9.17) is 5.26 Å². The Morgan fingerprint density at radius 1 is 1.08 bits per heavy atom. The number of carbonyl (C=O) groups is 1. The molecule has 1 aromatic carbocycles. The number of rotatable bonds is 4.